The van der Waals surface area contributed by atoms with Gasteiger partial charge in [0.15, 0.2) is 0 Å². The third-order valence-electron chi connectivity index (χ3n) is 2.20. The van der Waals surface area contributed by atoms with Gasteiger partial charge in [0, 0.05) is 0 Å². The molecule has 0 aliphatic rings. The predicted octanol–water partition coefficient (Wildman–Crippen LogP) is 7.13. The highest BCUT2D eigenvalue weighted by Gasteiger charge is 1.81. The van der Waals surface area contributed by atoms with Crippen LogP contribution in [0.2, 0.25) is 0 Å². The number of aryl methyl sites for hydroxylation is 1. The minimum absolute atomic E-state index is 1.19. The van der Waals surface area contributed by atoms with E-state index in [1.165, 1.54) is 37.7 Å². The van der Waals surface area contributed by atoms with Gasteiger partial charge in [-0.15, -0.1) is 26.3 Å². The first-order chi connectivity index (χ1) is 9.72. The highest BCUT2D eigenvalue weighted by molar-refractivity contribution is 5.11. The first kappa shape index (κ1) is 23.5. The van der Waals surface area contributed by atoms with Gasteiger partial charge in [-0.05, 0) is 26.7 Å². The maximum Gasteiger partial charge on any atom is -0.0353 e. The van der Waals surface area contributed by atoms with Gasteiger partial charge in [-0.1, -0.05) is 74.2 Å². The molecule has 0 heterocycles. The fourth-order valence-electron chi connectivity index (χ4n) is 1.25. The van der Waals surface area contributed by atoms with Gasteiger partial charge >= 0.3 is 0 Å². The highest BCUT2D eigenvalue weighted by Crippen LogP contribution is 2.01. The Hall–Kier alpha value is -1.56. The Labute approximate surface area is 127 Å². The fourth-order valence-corrected chi connectivity index (χ4v) is 1.25. The van der Waals surface area contributed by atoms with E-state index < -0.39 is 0 Å². The van der Waals surface area contributed by atoms with Crippen LogP contribution in [0.5, 0.6) is 0 Å². The van der Waals surface area contributed by atoms with Crippen LogP contribution in [0.15, 0.2) is 68.8 Å². The maximum atomic E-state index is 3.66. The summed E-state index contributed by atoms with van der Waals surface area (Å²) in [7, 11) is 0. The summed E-state index contributed by atoms with van der Waals surface area (Å²) in [5.74, 6) is 0. The van der Waals surface area contributed by atoms with E-state index >= 15 is 0 Å². The van der Waals surface area contributed by atoms with Crippen molar-refractivity contribution in [1.29, 1.82) is 0 Å². The van der Waals surface area contributed by atoms with E-state index in [9.17, 15) is 0 Å². The van der Waals surface area contributed by atoms with E-state index in [1.807, 2.05) is 31.2 Å². The lowest BCUT2D eigenvalue weighted by Crippen LogP contribution is -1.71. The molecular weight excluding hydrogens is 240 g/mol. The molecule has 0 aromatic heterocycles. The zero-order valence-electron chi connectivity index (χ0n) is 13.9. The topological polar surface area (TPSA) is 0 Å². The van der Waals surface area contributed by atoms with Crippen molar-refractivity contribution in [2.24, 2.45) is 0 Å². The summed E-state index contributed by atoms with van der Waals surface area (Å²) in [4.78, 5) is 0. The zero-order valence-corrected chi connectivity index (χ0v) is 13.9. The molecular formula is C20H34. The molecule has 114 valence electrons. The Bertz CT molecular complexity index is 271. The molecule has 0 heteroatoms. The molecule has 0 saturated heterocycles. The molecule has 0 aliphatic carbocycles. The molecule has 0 amide bonds. The first-order valence-corrected chi connectivity index (χ1v) is 7.42. The normalized spacial score (nSPS) is 7.55. The molecule has 0 bridgehead atoms. The van der Waals surface area contributed by atoms with Gasteiger partial charge in [-0.25, -0.2) is 0 Å². The van der Waals surface area contributed by atoms with E-state index in [2.05, 4.69) is 52.3 Å². The first-order valence-electron chi connectivity index (χ1n) is 7.42. The quantitative estimate of drug-likeness (QED) is 0.395. The van der Waals surface area contributed by atoms with Gasteiger partial charge in [-0.3, -0.25) is 0 Å². The van der Waals surface area contributed by atoms with E-state index in [-0.39, 0.29) is 0 Å². The molecule has 0 unspecified atom stereocenters. The van der Waals surface area contributed by atoms with Crippen molar-refractivity contribution in [2.75, 3.05) is 0 Å². The average Bonchev–Trinajstić information content (AvgIpc) is 2.48. The van der Waals surface area contributed by atoms with Crippen molar-refractivity contribution >= 4 is 0 Å². The van der Waals surface area contributed by atoms with Crippen LogP contribution in [0.25, 0.3) is 0 Å². The van der Waals surface area contributed by atoms with Crippen LogP contribution in [0.3, 0.4) is 0 Å². The summed E-state index contributed by atoms with van der Waals surface area (Å²) in [6.07, 6.45) is 10.4. The number of allylic oxidation sites excluding steroid dienone is 2. The number of benzene rings is 1. The molecule has 0 radical (unpaired) electrons. The van der Waals surface area contributed by atoms with Crippen molar-refractivity contribution < 1.29 is 0 Å². The number of rotatable bonds is 5. The molecule has 0 spiro atoms. The van der Waals surface area contributed by atoms with Crippen LogP contribution in [0.4, 0.5) is 0 Å². The molecule has 0 N–H and O–H groups in total. The summed E-state index contributed by atoms with van der Waals surface area (Å²) in [6, 6.07) is 10.3. The third kappa shape index (κ3) is 29.9. The highest BCUT2D eigenvalue weighted by atomic mass is 13.9. The smallest absolute Gasteiger partial charge is 0.0353 e. The molecule has 20 heavy (non-hydrogen) atoms. The maximum absolute atomic E-state index is 3.66. The van der Waals surface area contributed by atoms with Crippen molar-refractivity contribution in [1.82, 2.24) is 0 Å². The van der Waals surface area contributed by atoms with Crippen LogP contribution in [0.1, 0.15) is 51.5 Å². The summed E-state index contributed by atoms with van der Waals surface area (Å²) in [6.45, 7) is 19.2. The van der Waals surface area contributed by atoms with Gasteiger partial charge in [0.1, 0.15) is 0 Å². The average molecular weight is 274 g/mol. The van der Waals surface area contributed by atoms with Gasteiger partial charge in [0.2, 0.25) is 0 Å². The second kappa shape index (κ2) is 26.1. The lowest BCUT2D eigenvalue weighted by molar-refractivity contribution is 0.675. The number of hydrogen-bond donors (Lipinski definition) is 0. The lowest BCUT2D eigenvalue weighted by Gasteiger charge is -1.91. The second-order valence-corrected chi connectivity index (χ2v) is 4.20. The molecule has 0 saturated carbocycles. The van der Waals surface area contributed by atoms with Crippen molar-refractivity contribution in [2.45, 2.75) is 52.9 Å². The van der Waals surface area contributed by atoms with Crippen molar-refractivity contribution in [3.63, 3.8) is 0 Å². The van der Waals surface area contributed by atoms with Crippen LogP contribution in [-0.2, 0) is 0 Å². The Morgan fingerprint density at radius 1 is 0.950 bits per heavy atom. The largest absolute Gasteiger partial charge is 0.106 e. The zero-order chi connectivity index (χ0) is 16.1. The minimum atomic E-state index is 1.19. The standard InChI is InChI=1S/C8H16.C7H8.C3H6.C2H4/c1-3-5-7-8-6-4-2;1-7-5-3-2-4-6-7;1-3-2;1-2/h3H,1,4-8H2,2H3;2-6H,1H3;3H,1H2,2H3;1-2H2. The predicted molar refractivity (Wildman–Crippen MR) is 97.3 cm³/mol. The second-order valence-electron chi connectivity index (χ2n) is 4.20. The van der Waals surface area contributed by atoms with Crippen LogP contribution in [-0.4, -0.2) is 0 Å². The van der Waals surface area contributed by atoms with Crippen molar-refractivity contribution in [3.05, 3.63) is 74.4 Å². The molecule has 0 aliphatic heterocycles. The summed E-state index contributed by atoms with van der Waals surface area (Å²) in [5, 5.41) is 0. The molecule has 0 nitrogen and oxygen atoms in total. The molecule has 0 fully saturated rings. The summed E-state index contributed by atoms with van der Waals surface area (Å²) >= 11 is 0. The van der Waals surface area contributed by atoms with Gasteiger partial charge in [-0.2, -0.15) is 0 Å². The Balaban J connectivity index is -0.000000220. The van der Waals surface area contributed by atoms with Gasteiger partial charge in [0.05, 0.1) is 0 Å². The van der Waals surface area contributed by atoms with E-state index in [0.717, 1.165) is 0 Å². The molecule has 0 atom stereocenters. The number of hydrogen-bond acceptors (Lipinski definition) is 0. The fraction of sp³-hybridized carbons (Fsp3) is 0.400. The van der Waals surface area contributed by atoms with Gasteiger partial charge < -0.3 is 0 Å². The van der Waals surface area contributed by atoms with E-state index in [0.29, 0.717) is 0 Å². The third-order valence-corrected chi connectivity index (χ3v) is 2.20. The molecule has 1 aromatic carbocycles. The Morgan fingerprint density at radius 3 is 1.75 bits per heavy atom. The van der Waals surface area contributed by atoms with Crippen LogP contribution < -0.4 is 0 Å². The minimum Gasteiger partial charge on any atom is -0.106 e. The van der Waals surface area contributed by atoms with Gasteiger partial charge in [0.25, 0.3) is 0 Å². The van der Waals surface area contributed by atoms with Crippen molar-refractivity contribution in [3.8, 4) is 0 Å². The molecule has 1 rings (SSSR count). The van der Waals surface area contributed by atoms with E-state index in [1.54, 1.807) is 6.08 Å². The SMILES string of the molecule is C=C.C=CC.C=CCCCCCC.Cc1ccccc1. The summed E-state index contributed by atoms with van der Waals surface area (Å²) in [5.41, 5.74) is 1.32. The summed E-state index contributed by atoms with van der Waals surface area (Å²) < 4.78 is 0. The number of unbranched alkanes of at least 4 members (excludes halogenated alkanes) is 4. The van der Waals surface area contributed by atoms with Crippen LogP contribution in [0, 0.1) is 6.92 Å². The van der Waals surface area contributed by atoms with Crippen LogP contribution >= 0.6 is 0 Å². The Kier molecular flexibility index (Phi) is 30.7. The monoisotopic (exact) mass is 274 g/mol. The van der Waals surface area contributed by atoms with E-state index in [4.69, 9.17) is 0 Å². The lowest BCUT2D eigenvalue weighted by atomic mass is 10.2. The molecule has 1 aromatic rings. The Morgan fingerprint density at radius 2 is 1.45 bits per heavy atom.